The van der Waals surface area contributed by atoms with Gasteiger partial charge in [-0.05, 0) is 83.9 Å². The summed E-state index contributed by atoms with van der Waals surface area (Å²) in [6.45, 7) is 1.71. The number of rotatable bonds is 9. The van der Waals surface area contributed by atoms with Crippen molar-refractivity contribution in [2.75, 3.05) is 10.6 Å². The molecule has 6 nitrogen and oxygen atoms in total. The van der Waals surface area contributed by atoms with Crippen LogP contribution >= 0.6 is 39.0 Å². The van der Waals surface area contributed by atoms with Crippen molar-refractivity contribution < 1.29 is 18.8 Å². The Morgan fingerprint density at radius 2 is 1.77 bits per heavy atom. The van der Waals surface area contributed by atoms with E-state index in [2.05, 4.69) is 31.9 Å². The number of halogens is 2. The van der Waals surface area contributed by atoms with E-state index < -0.39 is 22.9 Å². The zero-order chi connectivity index (χ0) is 27.8. The molecule has 39 heavy (non-hydrogen) atoms. The number of hydrogen-bond donors (Lipinski definition) is 3. The van der Waals surface area contributed by atoms with Crippen molar-refractivity contribution in [1.82, 2.24) is 5.32 Å². The lowest BCUT2D eigenvalue weighted by atomic mass is 10.2. The van der Waals surface area contributed by atoms with Gasteiger partial charge in [-0.1, -0.05) is 40.2 Å². The third kappa shape index (κ3) is 8.13. The Labute approximate surface area is 241 Å². The highest BCUT2D eigenvalue weighted by Crippen LogP contribution is 2.28. The van der Waals surface area contributed by atoms with E-state index >= 15 is 0 Å². The second-order valence-corrected chi connectivity index (χ2v) is 11.4. The highest BCUT2D eigenvalue weighted by atomic mass is 79.9. The summed E-state index contributed by atoms with van der Waals surface area (Å²) in [6, 6.07) is 21.9. The van der Waals surface area contributed by atoms with Crippen LogP contribution in [0.15, 0.2) is 105 Å². The van der Waals surface area contributed by atoms with Crippen LogP contribution in [-0.4, -0.2) is 23.0 Å². The van der Waals surface area contributed by atoms with Gasteiger partial charge in [0.2, 0.25) is 5.91 Å². The number of hydrogen-bond acceptors (Lipinski definition) is 5. The summed E-state index contributed by atoms with van der Waals surface area (Å²) in [5.74, 6) is -1.80. The van der Waals surface area contributed by atoms with E-state index in [0.717, 1.165) is 10.5 Å². The minimum Gasteiger partial charge on any atom is -0.323 e. The van der Waals surface area contributed by atoms with Crippen molar-refractivity contribution in [2.45, 2.75) is 17.1 Å². The summed E-state index contributed by atoms with van der Waals surface area (Å²) in [5, 5.41) is 11.3. The van der Waals surface area contributed by atoms with Crippen molar-refractivity contribution in [2.24, 2.45) is 0 Å². The van der Waals surface area contributed by atoms with Gasteiger partial charge >= 0.3 is 0 Å². The fraction of sp³-hybridized carbons (Fsp3) is 0.0690. The molecule has 1 heterocycles. The van der Waals surface area contributed by atoms with Crippen LogP contribution in [0, 0.1) is 5.82 Å². The van der Waals surface area contributed by atoms with Crippen LogP contribution in [0.2, 0.25) is 0 Å². The summed E-state index contributed by atoms with van der Waals surface area (Å²) in [4.78, 5) is 39.3. The Morgan fingerprint density at radius 1 is 0.974 bits per heavy atom. The highest BCUT2D eigenvalue weighted by Gasteiger charge is 2.18. The Morgan fingerprint density at radius 3 is 2.49 bits per heavy atom. The van der Waals surface area contributed by atoms with Gasteiger partial charge in [0, 0.05) is 20.6 Å². The zero-order valence-electron chi connectivity index (χ0n) is 20.6. The van der Waals surface area contributed by atoms with Gasteiger partial charge in [0.1, 0.15) is 11.5 Å². The van der Waals surface area contributed by atoms with Crippen molar-refractivity contribution in [1.29, 1.82) is 0 Å². The molecule has 0 saturated heterocycles. The molecule has 0 aliphatic rings. The van der Waals surface area contributed by atoms with E-state index in [9.17, 15) is 18.8 Å². The quantitative estimate of drug-likeness (QED) is 0.136. The van der Waals surface area contributed by atoms with Crippen molar-refractivity contribution in [3.63, 3.8) is 0 Å². The van der Waals surface area contributed by atoms with Crippen LogP contribution in [0.3, 0.4) is 0 Å². The highest BCUT2D eigenvalue weighted by molar-refractivity contribution is 9.10. The Hall–Kier alpha value is -3.73. The number of anilines is 2. The predicted octanol–water partition coefficient (Wildman–Crippen LogP) is 7.18. The minimum atomic E-state index is -0.543. The number of thiophene rings is 1. The lowest BCUT2D eigenvalue weighted by Gasteiger charge is -2.14. The molecule has 0 aliphatic carbocycles. The molecule has 1 atom stereocenters. The van der Waals surface area contributed by atoms with Crippen molar-refractivity contribution in [3.05, 3.63) is 117 Å². The fourth-order valence-corrected chi connectivity index (χ4v) is 5.27. The summed E-state index contributed by atoms with van der Waals surface area (Å²) in [6.07, 6.45) is 1.61. The van der Waals surface area contributed by atoms with Gasteiger partial charge in [-0.3, -0.25) is 14.4 Å². The Balaban J connectivity index is 1.44. The molecule has 4 rings (SSSR count). The van der Waals surface area contributed by atoms with Gasteiger partial charge in [0.05, 0.1) is 10.9 Å². The summed E-state index contributed by atoms with van der Waals surface area (Å²) in [7, 11) is 0. The number of carbonyl (C=O) groups is 3. The van der Waals surface area contributed by atoms with Crippen LogP contribution in [0.4, 0.5) is 15.8 Å². The van der Waals surface area contributed by atoms with Crippen LogP contribution < -0.4 is 16.0 Å². The van der Waals surface area contributed by atoms with E-state index in [-0.39, 0.29) is 17.3 Å². The molecule has 198 valence electrons. The van der Waals surface area contributed by atoms with Gasteiger partial charge in [-0.2, -0.15) is 11.3 Å². The van der Waals surface area contributed by atoms with E-state index in [1.807, 2.05) is 22.9 Å². The Kier molecular flexibility index (Phi) is 9.69. The minimum absolute atomic E-state index is 0.0876. The normalized spacial score (nSPS) is 11.9. The SMILES string of the molecule is CC(Sc1cccc(NC(=O)/C(=C/c2ccsc2)NC(=O)c2ccccc2)c1)C(=O)Nc1ccc(Br)cc1F. The van der Waals surface area contributed by atoms with E-state index in [0.29, 0.717) is 15.7 Å². The second-order valence-electron chi connectivity index (χ2n) is 8.29. The maximum atomic E-state index is 14.1. The third-order valence-corrected chi connectivity index (χ3v) is 7.63. The van der Waals surface area contributed by atoms with Gasteiger partial charge < -0.3 is 16.0 Å². The maximum Gasteiger partial charge on any atom is 0.272 e. The smallest absolute Gasteiger partial charge is 0.272 e. The number of benzene rings is 3. The molecule has 0 aliphatic heterocycles. The molecule has 1 aromatic heterocycles. The van der Waals surface area contributed by atoms with Gasteiger partial charge in [-0.15, -0.1) is 11.8 Å². The van der Waals surface area contributed by atoms with E-state index in [1.165, 1.54) is 35.2 Å². The van der Waals surface area contributed by atoms with Crippen LogP contribution in [0.25, 0.3) is 6.08 Å². The molecule has 0 saturated carbocycles. The summed E-state index contributed by atoms with van der Waals surface area (Å²) in [5.41, 5.74) is 1.88. The topological polar surface area (TPSA) is 87.3 Å². The largest absolute Gasteiger partial charge is 0.323 e. The van der Waals surface area contributed by atoms with Gasteiger partial charge in [-0.25, -0.2) is 4.39 Å². The lowest BCUT2D eigenvalue weighted by molar-refractivity contribution is -0.115. The van der Waals surface area contributed by atoms with Crippen molar-refractivity contribution in [3.8, 4) is 0 Å². The molecular formula is C29H23BrFN3O3S2. The molecule has 4 aromatic rings. The Bertz CT molecular complexity index is 1510. The first-order chi connectivity index (χ1) is 18.8. The summed E-state index contributed by atoms with van der Waals surface area (Å²) >= 11 is 5.93. The molecule has 1 unspecified atom stereocenters. The first-order valence-corrected chi connectivity index (χ1v) is 14.3. The van der Waals surface area contributed by atoms with Crippen LogP contribution in [-0.2, 0) is 9.59 Å². The molecule has 3 amide bonds. The molecule has 0 radical (unpaired) electrons. The third-order valence-electron chi connectivity index (χ3n) is 5.35. The summed E-state index contributed by atoms with van der Waals surface area (Å²) < 4.78 is 14.7. The average molecular weight is 625 g/mol. The fourth-order valence-electron chi connectivity index (χ4n) is 3.39. The van der Waals surface area contributed by atoms with Crippen LogP contribution in [0.1, 0.15) is 22.8 Å². The predicted molar refractivity (Wildman–Crippen MR) is 159 cm³/mol. The van der Waals surface area contributed by atoms with Crippen molar-refractivity contribution >= 4 is 74.2 Å². The van der Waals surface area contributed by atoms with E-state index in [1.54, 1.807) is 67.6 Å². The standard InChI is InChI=1S/C29H23BrFN3O3S2/c1-18(27(35)33-25-11-10-21(30)15-24(25)31)39-23-9-5-8-22(16-23)32-29(37)26(14-19-12-13-38-17-19)34-28(36)20-6-3-2-4-7-20/h2-18H,1H3,(H,32,37)(H,33,35)(H,34,36)/b26-14-. The first kappa shape index (κ1) is 28.3. The van der Waals surface area contributed by atoms with E-state index in [4.69, 9.17) is 0 Å². The number of carbonyl (C=O) groups excluding carboxylic acids is 3. The number of amides is 3. The monoisotopic (exact) mass is 623 g/mol. The zero-order valence-corrected chi connectivity index (χ0v) is 23.8. The molecule has 0 bridgehead atoms. The molecule has 0 spiro atoms. The molecule has 10 heteroatoms. The molecule has 3 aromatic carbocycles. The second kappa shape index (κ2) is 13.4. The molecule has 0 fully saturated rings. The lowest BCUT2D eigenvalue weighted by Crippen LogP contribution is -2.30. The molecular weight excluding hydrogens is 601 g/mol. The number of nitrogens with one attached hydrogen (secondary N) is 3. The van der Waals surface area contributed by atoms with Crippen LogP contribution in [0.5, 0.6) is 0 Å². The first-order valence-electron chi connectivity index (χ1n) is 11.7. The molecule has 3 N–H and O–H groups in total. The maximum absolute atomic E-state index is 14.1. The number of thioether (sulfide) groups is 1. The average Bonchev–Trinajstić information content (AvgIpc) is 3.43. The van der Waals surface area contributed by atoms with Gasteiger partial charge in [0.15, 0.2) is 0 Å². The van der Waals surface area contributed by atoms with Gasteiger partial charge in [0.25, 0.3) is 11.8 Å².